The molecule has 0 saturated heterocycles. The molecule has 1 aromatic carbocycles. The standard InChI is InChI=1S/C14H13ClN2OS2/c1-17-9(7-18)6-16-14(17)19-8-12-13(15)10-4-2-3-5-11(10)20-12/h2-6,18H,7-8H2,1H3. The van der Waals surface area contributed by atoms with Gasteiger partial charge in [0.05, 0.1) is 23.5 Å². The third kappa shape index (κ3) is 2.46. The van der Waals surface area contributed by atoms with Crippen LogP contribution in [-0.4, -0.2) is 14.7 Å². The maximum Gasteiger partial charge on any atom is 0.168 e. The second-order valence-corrected chi connectivity index (χ2v) is 6.83. The predicted molar refractivity (Wildman–Crippen MR) is 85.5 cm³/mol. The van der Waals surface area contributed by atoms with Crippen LogP contribution in [0, 0.1) is 0 Å². The number of thiophene rings is 1. The van der Waals surface area contributed by atoms with Crippen LogP contribution in [-0.2, 0) is 19.4 Å². The third-order valence-electron chi connectivity index (χ3n) is 3.14. The second-order valence-electron chi connectivity index (χ2n) is 4.37. The molecule has 0 aliphatic rings. The van der Waals surface area contributed by atoms with Crippen LogP contribution in [0.1, 0.15) is 10.6 Å². The fraction of sp³-hybridized carbons (Fsp3) is 0.214. The van der Waals surface area contributed by atoms with Gasteiger partial charge in [0.1, 0.15) is 0 Å². The Morgan fingerprint density at radius 2 is 2.20 bits per heavy atom. The first-order chi connectivity index (χ1) is 9.70. The molecule has 6 heteroatoms. The molecular formula is C14H13ClN2OS2. The van der Waals surface area contributed by atoms with E-state index in [1.54, 1.807) is 29.3 Å². The van der Waals surface area contributed by atoms with Gasteiger partial charge in [-0.1, -0.05) is 41.6 Å². The van der Waals surface area contributed by atoms with E-state index in [4.69, 9.17) is 16.7 Å². The number of rotatable bonds is 4. The first-order valence-corrected chi connectivity index (χ1v) is 8.29. The lowest BCUT2D eigenvalue weighted by molar-refractivity contribution is 0.271. The quantitative estimate of drug-likeness (QED) is 0.735. The van der Waals surface area contributed by atoms with Gasteiger partial charge in [-0.3, -0.25) is 0 Å². The maximum absolute atomic E-state index is 9.17. The summed E-state index contributed by atoms with van der Waals surface area (Å²) < 4.78 is 3.12. The van der Waals surface area contributed by atoms with Gasteiger partial charge in [-0.25, -0.2) is 4.98 Å². The Labute approximate surface area is 130 Å². The molecular weight excluding hydrogens is 312 g/mol. The number of imidazole rings is 1. The minimum absolute atomic E-state index is 0.00764. The fourth-order valence-corrected chi connectivity index (χ4v) is 4.62. The Bertz CT molecular complexity index is 751. The van der Waals surface area contributed by atoms with Crippen LogP contribution in [0.3, 0.4) is 0 Å². The molecule has 1 N–H and O–H groups in total. The van der Waals surface area contributed by atoms with Gasteiger partial charge in [0.25, 0.3) is 0 Å². The number of hydrogen-bond acceptors (Lipinski definition) is 4. The number of nitrogens with zero attached hydrogens (tertiary/aromatic N) is 2. The van der Waals surface area contributed by atoms with E-state index in [2.05, 4.69) is 11.1 Å². The molecule has 3 aromatic rings. The highest BCUT2D eigenvalue weighted by atomic mass is 35.5. The van der Waals surface area contributed by atoms with Gasteiger partial charge < -0.3 is 9.67 Å². The third-order valence-corrected chi connectivity index (χ3v) is 6.11. The van der Waals surface area contributed by atoms with Gasteiger partial charge >= 0.3 is 0 Å². The van der Waals surface area contributed by atoms with Crippen molar-refractivity contribution in [3.05, 3.63) is 46.1 Å². The first kappa shape index (κ1) is 13.9. The van der Waals surface area contributed by atoms with Crippen molar-refractivity contribution in [3.8, 4) is 0 Å². The molecule has 0 bridgehead atoms. The molecule has 0 fully saturated rings. The molecule has 20 heavy (non-hydrogen) atoms. The zero-order chi connectivity index (χ0) is 14.1. The Hall–Kier alpha value is -1.01. The van der Waals surface area contributed by atoms with E-state index in [0.717, 1.165) is 31.9 Å². The molecule has 2 aromatic heterocycles. The summed E-state index contributed by atoms with van der Waals surface area (Å²) in [7, 11) is 1.91. The summed E-state index contributed by atoms with van der Waals surface area (Å²) in [4.78, 5) is 5.47. The monoisotopic (exact) mass is 324 g/mol. The maximum atomic E-state index is 9.17. The summed E-state index contributed by atoms with van der Waals surface area (Å²) in [5, 5.41) is 12.0. The lowest BCUT2D eigenvalue weighted by Gasteiger charge is -2.03. The van der Waals surface area contributed by atoms with Gasteiger partial charge in [-0.2, -0.15) is 0 Å². The van der Waals surface area contributed by atoms with Gasteiger partial charge in [0, 0.05) is 27.8 Å². The van der Waals surface area contributed by atoms with Crippen molar-refractivity contribution in [2.45, 2.75) is 17.5 Å². The van der Waals surface area contributed by atoms with E-state index < -0.39 is 0 Å². The summed E-state index contributed by atoms with van der Waals surface area (Å²) in [5.41, 5.74) is 0.815. The average molecular weight is 325 g/mol. The number of benzene rings is 1. The zero-order valence-electron chi connectivity index (χ0n) is 10.8. The lowest BCUT2D eigenvalue weighted by Crippen LogP contribution is -1.97. The number of aliphatic hydroxyl groups is 1. The topological polar surface area (TPSA) is 38.0 Å². The Kier molecular flexibility index (Phi) is 4.03. The highest BCUT2D eigenvalue weighted by molar-refractivity contribution is 7.98. The largest absolute Gasteiger partial charge is 0.390 e. The summed E-state index contributed by atoms with van der Waals surface area (Å²) in [5.74, 6) is 0.786. The molecule has 0 unspecified atom stereocenters. The number of fused-ring (bicyclic) bond motifs is 1. The van der Waals surface area contributed by atoms with E-state index in [1.165, 1.54) is 4.70 Å². The number of thioether (sulfide) groups is 1. The van der Waals surface area contributed by atoms with E-state index in [9.17, 15) is 0 Å². The van der Waals surface area contributed by atoms with Crippen molar-refractivity contribution in [2.24, 2.45) is 7.05 Å². The van der Waals surface area contributed by atoms with Crippen LogP contribution >= 0.6 is 34.7 Å². The molecule has 0 spiro atoms. The van der Waals surface area contributed by atoms with Crippen LogP contribution in [0.15, 0.2) is 35.6 Å². The molecule has 0 amide bonds. The number of aromatic nitrogens is 2. The number of hydrogen-bond donors (Lipinski definition) is 1. The van der Waals surface area contributed by atoms with Gasteiger partial charge in [-0.05, 0) is 6.07 Å². The van der Waals surface area contributed by atoms with Crippen LogP contribution in [0.2, 0.25) is 5.02 Å². The fourth-order valence-electron chi connectivity index (χ4n) is 1.99. The summed E-state index contributed by atoms with van der Waals surface area (Å²) >= 11 is 9.78. The minimum Gasteiger partial charge on any atom is -0.390 e. The normalized spacial score (nSPS) is 11.3. The molecule has 3 nitrogen and oxygen atoms in total. The van der Waals surface area contributed by atoms with Gasteiger partial charge in [0.15, 0.2) is 5.16 Å². The zero-order valence-corrected chi connectivity index (χ0v) is 13.2. The molecule has 3 rings (SSSR count). The summed E-state index contributed by atoms with van der Waals surface area (Å²) in [6.07, 6.45) is 1.70. The smallest absolute Gasteiger partial charge is 0.168 e. The second kappa shape index (κ2) is 5.77. The van der Waals surface area contributed by atoms with E-state index in [-0.39, 0.29) is 6.61 Å². The van der Waals surface area contributed by atoms with E-state index in [0.29, 0.717) is 0 Å². The van der Waals surface area contributed by atoms with Crippen molar-refractivity contribution in [3.63, 3.8) is 0 Å². The average Bonchev–Trinajstić information content (AvgIpc) is 2.98. The van der Waals surface area contributed by atoms with E-state index in [1.807, 2.05) is 29.8 Å². The van der Waals surface area contributed by atoms with Gasteiger partial charge in [-0.15, -0.1) is 11.3 Å². The van der Waals surface area contributed by atoms with Crippen molar-refractivity contribution < 1.29 is 5.11 Å². The molecule has 0 saturated carbocycles. The first-order valence-electron chi connectivity index (χ1n) is 6.11. The Morgan fingerprint density at radius 3 is 2.90 bits per heavy atom. The molecule has 2 heterocycles. The highest BCUT2D eigenvalue weighted by Crippen LogP contribution is 2.38. The molecule has 0 radical (unpaired) electrons. The van der Waals surface area contributed by atoms with Crippen molar-refractivity contribution in [1.29, 1.82) is 0 Å². The van der Waals surface area contributed by atoms with Crippen molar-refractivity contribution in [1.82, 2.24) is 9.55 Å². The SMILES string of the molecule is Cn1c(CO)cnc1SCc1sc2ccccc2c1Cl. The molecule has 0 atom stereocenters. The minimum atomic E-state index is 0.00764. The number of halogens is 1. The van der Waals surface area contributed by atoms with Gasteiger partial charge in [0.2, 0.25) is 0 Å². The van der Waals surface area contributed by atoms with Crippen LogP contribution in [0.4, 0.5) is 0 Å². The van der Waals surface area contributed by atoms with Crippen LogP contribution in [0.25, 0.3) is 10.1 Å². The Balaban J connectivity index is 1.83. The summed E-state index contributed by atoms with van der Waals surface area (Å²) in [6.45, 7) is 0.00764. The summed E-state index contributed by atoms with van der Waals surface area (Å²) in [6, 6.07) is 8.17. The van der Waals surface area contributed by atoms with E-state index >= 15 is 0 Å². The molecule has 0 aliphatic carbocycles. The van der Waals surface area contributed by atoms with Crippen molar-refractivity contribution in [2.75, 3.05) is 0 Å². The highest BCUT2D eigenvalue weighted by Gasteiger charge is 2.12. The van der Waals surface area contributed by atoms with Crippen LogP contribution < -0.4 is 0 Å². The van der Waals surface area contributed by atoms with Crippen molar-refractivity contribution >= 4 is 44.8 Å². The number of aliphatic hydroxyl groups excluding tert-OH is 1. The predicted octanol–water partition coefficient (Wildman–Crippen LogP) is 4.07. The lowest BCUT2D eigenvalue weighted by atomic mass is 10.2. The van der Waals surface area contributed by atoms with Crippen LogP contribution in [0.5, 0.6) is 0 Å². The Morgan fingerprint density at radius 1 is 1.40 bits per heavy atom. The molecule has 0 aliphatic heterocycles. The molecule has 104 valence electrons.